The van der Waals surface area contributed by atoms with E-state index in [4.69, 9.17) is 18.9 Å². The number of carbonyl (C=O) groups excluding carboxylic acids is 4. The molecule has 1 aliphatic heterocycles. The van der Waals surface area contributed by atoms with Gasteiger partial charge in [-0.15, -0.1) is 0 Å². The first kappa shape index (κ1) is 29.2. The fraction of sp³-hybridized carbons (Fsp3) is 0.583. The van der Waals surface area contributed by atoms with E-state index in [9.17, 15) is 27.6 Å². The lowest BCUT2D eigenvalue weighted by Crippen LogP contribution is -2.64. The van der Waals surface area contributed by atoms with E-state index in [2.05, 4.69) is 0 Å². The lowest BCUT2D eigenvalue weighted by Gasteiger charge is -2.49. The Morgan fingerprint density at radius 3 is 1.83 bits per heavy atom. The molecule has 200 valence electrons. The van der Waals surface area contributed by atoms with Crippen LogP contribution in [0.2, 0.25) is 0 Å². The molecular weight excluding hydrogens is 494 g/mol. The van der Waals surface area contributed by atoms with Crippen LogP contribution in [0.1, 0.15) is 39.7 Å². The summed E-state index contributed by atoms with van der Waals surface area (Å²) in [5, 5.41) is 0. The molecule has 0 radical (unpaired) electrons. The number of piperidine rings is 1. The Labute approximate surface area is 211 Å². The van der Waals surface area contributed by atoms with E-state index in [0.29, 0.717) is 0 Å². The highest BCUT2D eigenvalue weighted by Gasteiger charge is 2.57. The average Bonchev–Trinajstić information content (AvgIpc) is 2.79. The summed E-state index contributed by atoms with van der Waals surface area (Å²) >= 11 is 0. The monoisotopic (exact) mass is 527 g/mol. The van der Waals surface area contributed by atoms with Crippen molar-refractivity contribution < 1.29 is 46.5 Å². The van der Waals surface area contributed by atoms with Gasteiger partial charge in [0, 0.05) is 25.8 Å². The van der Waals surface area contributed by atoms with Crippen molar-refractivity contribution in [1.29, 1.82) is 0 Å². The third kappa shape index (κ3) is 6.22. The first-order valence-electron chi connectivity index (χ1n) is 11.4. The van der Waals surface area contributed by atoms with Gasteiger partial charge < -0.3 is 18.9 Å². The van der Waals surface area contributed by atoms with Gasteiger partial charge in [-0.05, 0) is 31.4 Å². The van der Waals surface area contributed by atoms with Crippen LogP contribution in [0, 0.1) is 24.7 Å². The largest absolute Gasteiger partial charge is 0.468 e. The van der Waals surface area contributed by atoms with Crippen LogP contribution >= 0.6 is 0 Å². The second kappa shape index (κ2) is 11.8. The molecule has 4 atom stereocenters. The minimum Gasteiger partial charge on any atom is -0.468 e. The molecule has 0 saturated carbocycles. The van der Waals surface area contributed by atoms with Gasteiger partial charge in [-0.1, -0.05) is 31.5 Å². The Bertz CT molecular complexity index is 1070. The number of esters is 4. The number of sulfonamides is 1. The summed E-state index contributed by atoms with van der Waals surface area (Å²) < 4.78 is 49.3. The highest BCUT2D eigenvalue weighted by Crippen LogP contribution is 2.42. The van der Waals surface area contributed by atoms with Crippen LogP contribution in [0.15, 0.2) is 29.2 Å². The Kier molecular flexibility index (Phi) is 9.61. The Morgan fingerprint density at radius 1 is 0.917 bits per heavy atom. The minimum absolute atomic E-state index is 0.0617. The quantitative estimate of drug-likeness (QED) is 0.279. The number of hydrogen-bond donors (Lipinski definition) is 0. The van der Waals surface area contributed by atoms with E-state index in [-0.39, 0.29) is 17.2 Å². The van der Waals surface area contributed by atoms with E-state index in [0.717, 1.165) is 37.9 Å². The molecule has 1 aromatic rings. The number of ether oxygens (including phenoxy) is 4. The zero-order chi connectivity index (χ0) is 27.4. The first-order valence-corrected chi connectivity index (χ1v) is 12.8. The second-order valence-corrected chi connectivity index (χ2v) is 10.8. The van der Waals surface area contributed by atoms with Crippen LogP contribution in [-0.4, -0.2) is 69.2 Å². The molecule has 1 aromatic carbocycles. The van der Waals surface area contributed by atoms with Crippen LogP contribution in [0.3, 0.4) is 0 Å². The zero-order valence-electron chi connectivity index (χ0n) is 21.4. The standard InChI is InChI=1S/C24H33NO10S/c1-13(2)19-12-18(20(23(28)32-6)24(29)33-7)21(34-15(4)26)22(35-16(5)27)25(19)36(30,31)17-10-8-14(3)9-11-17/h8-11,13,18-22H,12H2,1-7H3/t18-,19-,21-,22-/m1/s1. The molecule has 1 fully saturated rings. The van der Waals surface area contributed by atoms with Crippen molar-refractivity contribution in [3.63, 3.8) is 0 Å². The van der Waals surface area contributed by atoms with Gasteiger partial charge in [-0.3, -0.25) is 19.2 Å². The number of methoxy groups -OCH3 is 2. The highest BCUT2D eigenvalue weighted by molar-refractivity contribution is 7.89. The molecule has 0 spiro atoms. The number of nitrogens with zero attached hydrogens (tertiary/aromatic N) is 1. The van der Waals surface area contributed by atoms with Gasteiger partial charge in [0.25, 0.3) is 0 Å². The highest BCUT2D eigenvalue weighted by atomic mass is 32.2. The van der Waals surface area contributed by atoms with Crippen molar-refractivity contribution in [3.8, 4) is 0 Å². The first-order chi connectivity index (χ1) is 16.8. The summed E-state index contributed by atoms with van der Waals surface area (Å²) in [7, 11) is -2.14. The average molecular weight is 528 g/mol. The maximum atomic E-state index is 13.9. The zero-order valence-corrected chi connectivity index (χ0v) is 22.2. The molecule has 12 heteroatoms. The summed E-state index contributed by atoms with van der Waals surface area (Å²) in [6.45, 7) is 7.47. The van der Waals surface area contributed by atoms with Gasteiger partial charge in [-0.2, -0.15) is 4.31 Å². The van der Waals surface area contributed by atoms with Crippen LogP contribution in [0.4, 0.5) is 0 Å². The number of carbonyl (C=O) groups is 4. The summed E-state index contributed by atoms with van der Waals surface area (Å²) in [6, 6.07) is 5.24. The summed E-state index contributed by atoms with van der Waals surface area (Å²) in [6.07, 6.45) is -3.27. The molecule has 0 aliphatic carbocycles. The van der Waals surface area contributed by atoms with Crippen LogP contribution < -0.4 is 0 Å². The van der Waals surface area contributed by atoms with Crippen LogP contribution in [0.25, 0.3) is 0 Å². The number of hydrogen-bond acceptors (Lipinski definition) is 10. The van der Waals surface area contributed by atoms with Crippen molar-refractivity contribution in [1.82, 2.24) is 4.31 Å². The third-order valence-electron chi connectivity index (χ3n) is 6.09. The Morgan fingerprint density at radius 2 is 1.42 bits per heavy atom. The molecule has 2 rings (SSSR count). The molecule has 0 amide bonds. The summed E-state index contributed by atoms with van der Waals surface area (Å²) in [5.41, 5.74) is 0.835. The molecule has 11 nitrogen and oxygen atoms in total. The van der Waals surface area contributed by atoms with Gasteiger partial charge in [0.05, 0.1) is 19.1 Å². The second-order valence-electron chi connectivity index (χ2n) is 8.96. The van der Waals surface area contributed by atoms with Crippen molar-refractivity contribution in [2.24, 2.45) is 17.8 Å². The molecule has 1 heterocycles. The van der Waals surface area contributed by atoms with Crippen molar-refractivity contribution >= 4 is 33.9 Å². The maximum absolute atomic E-state index is 13.9. The lowest BCUT2D eigenvalue weighted by atomic mass is 9.76. The van der Waals surface area contributed by atoms with E-state index < -0.39 is 64.1 Å². The normalized spacial score (nSPS) is 22.7. The number of benzene rings is 1. The fourth-order valence-corrected chi connectivity index (χ4v) is 6.27. The lowest BCUT2D eigenvalue weighted by molar-refractivity contribution is -0.203. The fourth-order valence-electron chi connectivity index (χ4n) is 4.43. The van der Waals surface area contributed by atoms with E-state index in [1.54, 1.807) is 32.9 Å². The van der Waals surface area contributed by atoms with Crippen LogP contribution in [0.5, 0.6) is 0 Å². The molecule has 36 heavy (non-hydrogen) atoms. The van der Waals surface area contributed by atoms with Gasteiger partial charge in [0.1, 0.15) is 0 Å². The van der Waals surface area contributed by atoms with Gasteiger partial charge in [0.15, 0.2) is 12.0 Å². The minimum atomic E-state index is -4.30. The molecule has 1 saturated heterocycles. The molecule has 0 unspecified atom stereocenters. The Hall–Kier alpha value is -2.99. The van der Waals surface area contributed by atoms with Crippen molar-refractivity contribution in [2.45, 2.75) is 64.3 Å². The predicted molar refractivity (Wildman–Crippen MR) is 126 cm³/mol. The van der Waals surface area contributed by atoms with Gasteiger partial charge >= 0.3 is 23.9 Å². The van der Waals surface area contributed by atoms with E-state index in [1.165, 1.54) is 12.1 Å². The molecule has 0 aromatic heterocycles. The molecule has 1 aliphatic rings. The molecular formula is C24H33NO10S. The molecule has 0 bridgehead atoms. The molecule has 0 N–H and O–H groups in total. The SMILES string of the molecule is COC(=O)C(C(=O)OC)[C@H]1C[C@H](C(C)C)N(S(=O)(=O)c2ccc(C)cc2)[C@H](OC(C)=O)[C@@H]1OC(C)=O. The number of aryl methyl sites for hydroxylation is 1. The summed E-state index contributed by atoms with van der Waals surface area (Å²) in [5.74, 6) is -6.63. The smallest absolute Gasteiger partial charge is 0.320 e. The van der Waals surface area contributed by atoms with E-state index >= 15 is 0 Å². The van der Waals surface area contributed by atoms with Gasteiger partial charge in [-0.25, -0.2) is 8.42 Å². The number of rotatable bonds is 8. The summed E-state index contributed by atoms with van der Waals surface area (Å²) in [4.78, 5) is 49.6. The van der Waals surface area contributed by atoms with E-state index in [1.807, 2.05) is 0 Å². The van der Waals surface area contributed by atoms with Crippen LogP contribution in [-0.2, 0) is 48.1 Å². The van der Waals surface area contributed by atoms with Crippen molar-refractivity contribution in [3.05, 3.63) is 29.8 Å². The van der Waals surface area contributed by atoms with Crippen molar-refractivity contribution in [2.75, 3.05) is 14.2 Å². The maximum Gasteiger partial charge on any atom is 0.320 e. The third-order valence-corrected chi connectivity index (χ3v) is 7.99. The predicted octanol–water partition coefficient (Wildman–Crippen LogP) is 1.81. The van der Waals surface area contributed by atoms with Gasteiger partial charge in [0.2, 0.25) is 16.3 Å². The Balaban J connectivity index is 2.80. The topological polar surface area (TPSA) is 143 Å².